The summed E-state index contributed by atoms with van der Waals surface area (Å²) < 4.78 is 12.8. The summed E-state index contributed by atoms with van der Waals surface area (Å²) in [6.07, 6.45) is 1.58. The SMILES string of the molecule is CC(CNC(=O)c1ccccn1)c1ccc(F)cc1. The minimum atomic E-state index is -0.256. The van der Waals surface area contributed by atoms with Gasteiger partial charge in [0.1, 0.15) is 11.5 Å². The normalized spacial score (nSPS) is 11.9. The van der Waals surface area contributed by atoms with Gasteiger partial charge in [0.05, 0.1) is 0 Å². The molecule has 1 aromatic heterocycles. The second-order valence-corrected chi connectivity index (χ2v) is 4.38. The van der Waals surface area contributed by atoms with Gasteiger partial charge in [-0.2, -0.15) is 0 Å². The fourth-order valence-electron chi connectivity index (χ4n) is 1.74. The second-order valence-electron chi connectivity index (χ2n) is 4.38. The zero-order valence-corrected chi connectivity index (χ0v) is 10.6. The molecule has 0 fully saturated rings. The van der Waals surface area contributed by atoms with E-state index in [1.807, 2.05) is 6.92 Å². The maximum atomic E-state index is 12.8. The first-order chi connectivity index (χ1) is 9.16. The minimum absolute atomic E-state index is 0.119. The average Bonchev–Trinajstić information content (AvgIpc) is 2.46. The monoisotopic (exact) mass is 258 g/mol. The third kappa shape index (κ3) is 3.61. The lowest BCUT2D eigenvalue weighted by molar-refractivity contribution is 0.0946. The molecule has 1 heterocycles. The molecule has 0 bridgehead atoms. The van der Waals surface area contributed by atoms with E-state index < -0.39 is 0 Å². The van der Waals surface area contributed by atoms with Crippen molar-refractivity contribution in [2.75, 3.05) is 6.54 Å². The summed E-state index contributed by atoms with van der Waals surface area (Å²) in [5, 5.41) is 2.82. The molecular formula is C15H15FN2O. The van der Waals surface area contributed by atoms with Crippen molar-refractivity contribution in [2.45, 2.75) is 12.8 Å². The van der Waals surface area contributed by atoms with Gasteiger partial charge in [-0.3, -0.25) is 9.78 Å². The molecule has 0 saturated heterocycles. The predicted octanol–water partition coefficient (Wildman–Crippen LogP) is 2.75. The standard InChI is InChI=1S/C15H15FN2O/c1-11(12-5-7-13(16)8-6-12)10-18-15(19)14-4-2-3-9-17-14/h2-9,11H,10H2,1H3,(H,18,19). The third-order valence-corrected chi connectivity index (χ3v) is 2.91. The third-order valence-electron chi connectivity index (χ3n) is 2.91. The van der Waals surface area contributed by atoms with Crippen LogP contribution in [0.2, 0.25) is 0 Å². The molecule has 1 unspecified atom stereocenters. The Kier molecular flexibility index (Phi) is 4.23. The average molecular weight is 258 g/mol. The van der Waals surface area contributed by atoms with Crippen LogP contribution in [0.5, 0.6) is 0 Å². The number of carbonyl (C=O) groups excluding carboxylic acids is 1. The van der Waals surface area contributed by atoms with Crippen molar-refractivity contribution in [1.82, 2.24) is 10.3 Å². The highest BCUT2D eigenvalue weighted by atomic mass is 19.1. The van der Waals surface area contributed by atoms with E-state index in [1.54, 1.807) is 36.5 Å². The van der Waals surface area contributed by atoms with Gasteiger partial charge in [-0.25, -0.2) is 4.39 Å². The van der Waals surface area contributed by atoms with Crippen molar-refractivity contribution in [2.24, 2.45) is 0 Å². The summed E-state index contributed by atoms with van der Waals surface area (Å²) in [4.78, 5) is 15.8. The lowest BCUT2D eigenvalue weighted by Crippen LogP contribution is -2.28. The summed E-state index contributed by atoms with van der Waals surface area (Å²) in [6.45, 7) is 2.47. The van der Waals surface area contributed by atoms with Crippen LogP contribution in [0.4, 0.5) is 4.39 Å². The lowest BCUT2D eigenvalue weighted by atomic mass is 10.0. The molecule has 2 rings (SSSR count). The van der Waals surface area contributed by atoms with E-state index in [0.29, 0.717) is 12.2 Å². The molecule has 1 amide bonds. The molecule has 1 N–H and O–H groups in total. The van der Waals surface area contributed by atoms with Gasteiger partial charge in [0.2, 0.25) is 0 Å². The number of nitrogens with zero attached hydrogens (tertiary/aromatic N) is 1. The molecular weight excluding hydrogens is 243 g/mol. The number of hydrogen-bond acceptors (Lipinski definition) is 2. The summed E-state index contributed by atoms with van der Waals surface area (Å²) >= 11 is 0. The Bertz CT molecular complexity index is 540. The second kappa shape index (κ2) is 6.09. The van der Waals surface area contributed by atoms with E-state index >= 15 is 0 Å². The van der Waals surface area contributed by atoms with Crippen LogP contribution in [0.3, 0.4) is 0 Å². The molecule has 98 valence electrons. The van der Waals surface area contributed by atoms with Gasteiger partial charge in [0.25, 0.3) is 5.91 Å². The maximum Gasteiger partial charge on any atom is 0.269 e. The minimum Gasteiger partial charge on any atom is -0.350 e. The summed E-state index contributed by atoms with van der Waals surface area (Å²) in [6, 6.07) is 11.5. The zero-order valence-electron chi connectivity index (χ0n) is 10.6. The molecule has 0 aliphatic heterocycles. The molecule has 1 atom stereocenters. The lowest BCUT2D eigenvalue weighted by Gasteiger charge is -2.12. The maximum absolute atomic E-state index is 12.8. The number of aromatic nitrogens is 1. The number of pyridine rings is 1. The number of rotatable bonds is 4. The Morgan fingerprint density at radius 1 is 1.26 bits per heavy atom. The first kappa shape index (κ1) is 13.2. The molecule has 0 aliphatic rings. The van der Waals surface area contributed by atoms with Crippen LogP contribution in [0.15, 0.2) is 48.7 Å². The van der Waals surface area contributed by atoms with E-state index in [0.717, 1.165) is 5.56 Å². The van der Waals surface area contributed by atoms with Gasteiger partial charge in [0.15, 0.2) is 0 Å². The van der Waals surface area contributed by atoms with E-state index in [9.17, 15) is 9.18 Å². The van der Waals surface area contributed by atoms with Crippen molar-refractivity contribution in [3.05, 3.63) is 65.7 Å². The van der Waals surface area contributed by atoms with Gasteiger partial charge in [0, 0.05) is 12.7 Å². The molecule has 0 aliphatic carbocycles. The molecule has 0 radical (unpaired) electrons. The van der Waals surface area contributed by atoms with Gasteiger partial charge < -0.3 is 5.32 Å². The Morgan fingerprint density at radius 2 is 2.00 bits per heavy atom. The van der Waals surface area contributed by atoms with E-state index in [2.05, 4.69) is 10.3 Å². The Morgan fingerprint density at radius 3 is 2.63 bits per heavy atom. The van der Waals surface area contributed by atoms with E-state index in [-0.39, 0.29) is 17.6 Å². The number of carbonyl (C=O) groups is 1. The van der Waals surface area contributed by atoms with Crippen LogP contribution in [-0.4, -0.2) is 17.4 Å². The van der Waals surface area contributed by atoms with Crippen molar-refractivity contribution in [3.63, 3.8) is 0 Å². The van der Waals surface area contributed by atoms with Crippen molar-refractivity contribution < 1.29 is 9.18 Å². The molecule has 2 aromatic rings. The van der Waals surface area contributed by atoms with Crippen molar-refractivity contribution in [3.8, 4) is 0 Å². The zero-order chi connectivity index (χ0) is 13.7. The summed E-state index contributed by atoms with van der Waals surface area (Å²) in [7, 11) is 0. The fourth-order valence-corrected chi connectivity index (χ4v) is 1.74. The van der Waals surface area contributed by atoms with Crippen LogP contribution in [-0.2, 0) is 0 Å². The van der Waals surface area contributed by atoms with Gasteiger partial charge in [-0.15, -0.1) is 0 Å². The van der Waals surface area contributed by atoms with Crippen LogP contribution in [0.25, 0.3) is 0 Å². The summed E-state index contributed by atoms with van der Waals surface area (Å²) in [5.41, 5.74) is 1.39. The first-order valence-corrected chi connectivity index (χ1v) is 6.11. The molecule has 0 saturated carbocycles. The van der Waals surface area contributed by atoms with Gasteiger partial charge >= 0.3 is 0 Å². The number of hydrogen-bond donors (Lipinski definition) is 1. The van der Waals surface area contributed by atoms with Crippen molar-refractivity contribution >= 4 is 5.91 Å². The fraction of sp³-hybridized carbons (Fsp3) is 0.200. The number of benzene rings is 1. The van der Waals surface area contributed by atoms with Gasteiger partial charge in [-0.05, 0) is 35.7 Å². The van der Waals surface area contributed by atoms with Crippen LogP contribution < -0.4 is 5.32 Å². The quantitative estimate of drug-likeness (QED) is 0.916. The Hall–Kier alpha value is -2.23. The highest BCUT2D eigenvalue weighted by Gasteiger charge is 2.10. The highest BCUT2D eigenvalue weighted by molar-refractivity contribution is 5.92. The Labute approximate surface area is 111 Å². The van der Waals surface area contributed by atoms with E-state index in [1.165, 1.54) is 12.1 Å². The summed E-state index contributed by atoms with van der Waals surface area (Å²) in [5.74, 6) is -0.337. The topological polar surface area (TPSA) is 42.0 Å². The number of nitrogens with one attached hydrogen (secondary N) is 1. The highest BCUT2D eigenvalue weighted by Crippen LogP contribution is 2.14. The number of halogens is 1. The molecule has 0 spiro atoms. The largest absolute Gasteiger partial charge is 0.350 e. The van der Waals surface area contributed by atoms with Crippen molar-refractivity contribution in [1.29, 1.82) is 0 Å². The first-order valence-electron chi connectivity index (χ1n) is 6.11. The molecule has 4 heteroatoms. The molecule has 1 aromatic carbocycles. The van der Waals surface area contributed by atoms with Crippen LogP contribution in [0.1, 0.15) is 28.9 Å². The smallest absolute Gasteiger partial charge is 0.269 e. The Balaban J connectivity index is 1.92. The predicted molar refractivity (Wildman–Crippen MR) is 71.4 cm³/mol. The van der Waals surface area contributed by atoms with Gasteiger partial charge in [-0.1, -0.05) is 25.1 Å². The number of amides is 1. The van der Waals surface area contributed by atoms with E-state index in [4.69, 9.17) is 0 Å². The van der Waals surface area contributed by atoms with Crippen LogP contribution in [0, 0.1) is 5.82 Å². The molecule has 3 nitrogen and oxygen atoms in total. The molecule has 19 heavy (non-hydrogen) atoms. The van der Waals surface area contributed by atoms with Crippen LogP contribution >= 0.6 is 0 Å².